The van der Waals surface area contributed by atoms with Gasteiger partial charge in [0.05, 0.1) is 6.54 Å². The number of likely N-dealkylation sites (tertiary alicyclic amines) is 1. The van der Waals surface area contributed by atoms with Crippen molar-refractivity contribution in [2.24, 2.45) is 5.92 Å². The topological polar surface area (TPSA) is 60.9 Å². The minimum atomic E-state index is -0.706. The summed E-state index contributed by atoms with van der Waals surface area (Å²) in [6.45, 7) is 8.26. The molecule has 0 unspecified atom stereocenters. The Bertz CT molecular complexity index is 319. The van der Waals surface area contributed by atoms with Gasteiger partial charge < -0.3 is 10.0 Å². The summed E-state index contributed by atoms with van der Waals surface area (Å²) in [6.07, 6.45) is 5.08. The van der Waals surface area contributed by atoms with Gasteiger partial charge in [0, 0.05) is 19.5 Å². The van der Waals surface area contributed by atoms with Crippen LogP contribution < -0.4 is 0 Å². The second kappa shape index (κ2) is 9.77. The maximum absolute atomic E-state index is 12.3. The van der Waals surface area contributed by atoms with Gasteiger partial charge in [-0.15, -0.1) is 0 Å². The van der Waals surface area contributed by atoms with E-state index >= 15 is 0 Å². The quantitative estimate of drug-likeness (QED) is 0.709. The number of carboxylic acid groups (broad SMARTS) is 1. The Hall–Kier alpha value is -1.10. The van der Waals surface area contributed by atoms with E-state index in [1.807, 2.05) is 4.90 Å². The molecule has 5 heteroatoms. The second-order valence-electron chi connectivity index (χ2n) is 6.03. The third-order valence-electron chi connectivity index (χ3n) is 4.17. The summed E-state index contributed by atoms with van der Waals surface area (Å²) in [5.74, 6) is 0.0416. The highest BCUT2D eigenvalue weighted by Gasteiger charge is 2.22. The molecule has 0 spiro atoms. The maximum Gasteiger partial charge on any atom is 0.303 e. The van der Waals surface area contributed by atoms with Gasteiger partial charge in [-0.05, 0) is 51.1 Å². The van der Waals surface area contributed by atoms with Crippen LogP contribution in [0.2, 0.25) is 0 Å². The van der Waals surface area contributed by atoms with Crippen LogP contribution in [0.15, 0.2) is 0 Å². The fourth-order valence-electron chi connectivity index (χ4n) is 2.95. The van der Waals surface area contributed by atoms with E-state index in [2.05, 4.69) is 18.7 Å². The first-order valence-electron chi connectivity index (χ1n) is 8.28. The summed E-state index contributed by atoms with van der Waals surface area (Å²) >= 11 is 0. The van der Waals surface area contributed by atoms with E-state index in [0.29, 0.717) is 12.5 Å². The van der Waals surface area contributed by atoms with Crippen molar-refractivity contribution in [2.45, 2.75) is 52.4 Å². The molecule has 0 radical (unpaired) electrons. The second-order valence-corrected chi connectivity index (χ2v) is 6.03. The molecule has 0 aliphatic carbocycles. The van der Waals surface area contributed by atoms with E-state index in [4.69, 9.17) is 5.11 Å². The normalized spacial score (nSPS) is 16.9. The van der Waals surface area contributed by atoms with Crippen molar-refractivity contribution >= 4 is 11.9 Å². The monoisotopic (exact) mass is 298 g/mol. The van der Waals surface area contributed by atoms with E-state index in [0.717, 1.165) is 58.3 Å². The molecule has 5 nitrogen and oxygen atoms in total. The number of amides is 1. The van der Waals surface area contributed by atoms with Gasteiger partial charge in [-0.2, -0.15) is 0 Å². The van der Waals surface area contributed by atoms with Gasteiger partial charge in [0.2, 0.25) is 5.91 Å². The molecule has 1 aliphatic heterocycles. The zero-order chi connectivity index (χ0) is 15.7. The predicted octanol–water partition coefficient (Wildman–Crippen LogP) is 2.21. The molecule has 21 heavy (non-hydrogen) atoms. The summed E-state index contributed by atoms with van der Waals surface area (Å²) in [4.78, 5) is 27.1. The van der Waals surface area contributed by atoms with Crippen LogP contribution in [0.5, 0.6) is 0 Å². The zero-order valence-corrected chi connectivity index (χ0v) is 13.5. The lowest BCUT2D eigenvalue weighted by atomic mass is 9.92. The Labute approximate surface area is 128 Å². The standard InChI is InChI=1S/C16H30N2O3/c1-3-9-18(10-4-2)15(19)13-17-11-7-14(8-12-17)5-6-16(20)21/h14H,3-13H2,1-2H3,(H,20,21). The van der Waals surface area contributed by atoms with Crippen molar-refractivity contribution in [2.75, 3.05) is 32.7 Å². The lowest BCUT2D eigenvalue weighted by molar-refractivity contribution is -0.137. The first-order chi connectivity index (χ1) is 10.1. The molecule has 1 N–H and O–H groups in total. The number of rotatable bonds is 9. The smallest absolute Gasteiger partial charge is 0.303 e. The SMILES string of the molecule is CCCN(CCC)C(=O)CN1CCC(CCC(=O)O)CC1. The van der Waals surface area contributed by atoms with Crippen LogP contribution >= 0.6 is 0 Å². The van der Waals surface area contributed by atoms with Gasteiger partial charge in [-0.25, -0.2) is 0 Å². The minimum absolute atomic E-state index is 0.239. The first-order valence-corrected chi connectivity index (χ1v) is 8.28. The molecule has 1 heterocycles. The number of hydrogen-bond acceptors (Lipinski definition) is 3. The van der Waals surface area contributed by atoms with Crippen LogP contribution in [0.1, 0.15) is 52.4 Å². The molecular weight excluding hydrogens is 268 g/mol. The van der Waals surface area contributed by atoms with Gasteiger partial charge in [-0.3, -0.25) is 14.5 Å². The minimum Gasteiger partial charge on any atom is -0.481 e. The fraction of sp³-hybridized carbons (Fsp3) is 0.875. The number of hydrogen-bond donors (Lipinski definition) is 1. The Morgan fingerprint density at radius 3 is 2.19 bits per heavy atom. The molecule has 1 amide bonds. The van der Waals surface area contributed by atoms with Crippen molar-refractivity contribution < 1.29 is 14.7 Å². The van der Waals surface area contributed by atoms with Crippen molar-refractivity contribution in [3.63, 3.8) is 0 Å². The molecule has 0 atom stereocenters. The third kappa shape index (κ3) is 6.93. The van der Waals surface area contributed by atoms with Gasteiger partial charge >= 0.3 is 5.97 Å². The molecule has 0 aromatic carbocycles. The average Bonchev–Trinajstić information content (AvgIpc) is 2.46. The molecule has 1 fully saturated rings. The van der Waals surface area contributed by atoms with Crippen LogP contribution in [-0.4, -0.2) is 59.5 Å². The Morgan fingerprint density at radius 2 is 1.71 bits per heavy atom. The molecule has 0 aromatic rings. The van der Waals surface area contributed by atoms with Crippen LogP contribution in [0, 0.1) is 5.92 Å². The van der Waals surface area contributed by atoms with Gasteiger partial charge in [0.15, 0.2) is 0 Å². The maximum atomic E-state index is 12.3. The Kier molecular flexibility index (Phi) is 8.35. The van der Waals surface area contributed by atoms with Gasteiger partial charge in [0.1, 0.15) is 0 Å². The Morgan fingerprint density at radius 1 is 1.14 bits per heavy atom. The van der Waals surface area contributed by atoms with Crippen LogP contribution in [0.4, 0.5) is 0 Å². The van der Waals surface area contributed by atoms with E-state index in [1.165, 1.54) is 0 Å². The average molecular weight is 298 g/mol. The molecule has 1 aliphatic rings. The summed E-state index contributed by atoms with van der Waals surface area (Å²) < 4.78 is 0. The van der Waals surface area contributed by atoms with Gasteiger partial charge in [-0.1, -0.05) is 13.8 Å². The van der Waals surface area contributed by atoms with Gasteiger partial charge in [0.25, 0.3) is 0 Å². The summed E-state index contributed by atoms with van der Waals surface area (Å²) in [7, 11) is 0. The lowest BCUT2D eigenvalue weighted by Crippen LogP contribution is -2.44. The van der Waals surface area contributed by atoms with E-state index in [-0.39, 0.29) is 12.3 Å². The number of carbonyl (C=O) groups is 2. The predicted molar refractivity (Wildman–Crippen MR) is 83.2 cm³/mol. The number of aliphatic carboxylic acids is 1. The highest BCUT2D eigenvalue weighted by molar-refractivity contribution is 5.78. The van der Waals surface area contributed by atoms with Crippen LogP contribution in [0.3, 0.4) is 0 Å². The third-order valence-corrected chi connectivity index (χ3v) is 4.17. The van der Waals surface area contributed by atoms with Crippen molar-refractivity contribution in [1.82, 2.24) is 9.80 Å². The highest BCUT2D eigenvalue weighted by atomic mass is 16.4. The zero-order valence-electron chi connectivity index (χ0n) is 13.5. The summed E-state index contributed by atoms with van der Waals surface area (Å²) in [5, 5.41) is 8.72. The van der Waals surface area contributed by atoms with E-state index in [9.17, 15) is 9.59 Å². The largest absolute Gasteiger partial charge is 0.481 e. The molecule has 0 aromatic heterocycles. The molecular formula is C16H30N2O3. The van der Waals surface area contributed by atoms with Crippen molar-refractivity contribution in [3.05, 3.63) is 0 Å². The highest BCUT2D eigenvalue weighted by Crippen LogP contribution is 2.21. The first kappa shape index (κ1) is 18.0. The number of piperidine rings is 1. The summed E-state index contributed by atoms with van der Waals surface area (Å²) in [6, 6.07) is 0. The summed E-state index contributed by atoms with van der Waals surface area (Å²) in [5.41, 5.74) is 0. The molecule has 0 bridgehead atoms. The molecule has 1 rings (SSSR count). The van der Waals surface area contributed by atoms with Crippen LogP contribution in [-0.2, 0) is 9.59 Å². The van der Waals surface area contributed by atoms with Crippen LogP contribution in [0.25, 0.3) is 0 Å². The molecule has 122 valence electrons. The lowest BCUT2D eigenvalue weighted by Gasteiger charge is -2.33. The van der Waals surface area contributed by atoms with Crippen molar-refractivity contribution in [3.8, 4) is 0 Å². The fourth-order valence-corrected chi connectivity index (χ4v) is 2.95. The Balaban J connectivity index is 2.30. The number of carboxylic acids is 1. The number of carbonyl (C=O) groups excluding carboxylic acids is 1. The molecule has 0 saturated carbocycles. The van der Waals surface area contributed by atoms with Crippen molar-refractivity contribution in [1.29, 1.82) is 0 Å². The van der Waals surface area contributed by atoms with E-state index in [1.54, 1.807) is 0 Å². The molecule has 1 saturated heterocycles. The van der Waals surface area contributed by atoms with E-state index < -0.39 is 5.97 Å². The number of nitrogens with zero attached hydrogens (tertiary/aromatic N) is 2.